The van der Waals surface area contributed by atoms with Crippen LogP contribution in [-0.4, -0.2) is 38.2 Å². The van der Waals surface area contributed by atoms with Gasteiger partial charge in [0.05, 0.1) is 7.11 Å². The second kappa shape index (κ2) is 12.1. The molecule has 0 fully saturated rings. The van der Waals surface area contributed by atoms with Gasteiger partial charge in [0.2, 0.25) is 0 Å². The summed E-state index contributed by atoms with van der Waals surface area (Å²) in [6, 6.07) is 12.4. The van der Waals surface area contributed by atoms with Gasteiger partial charge in [-0.1, -0.05) is 59.6 Å². The zero-order valence-electron chi connectivity index (χ0n) is 17.6. The molecule has 0 aliphatic heterocycles. The maximum absolute atomic E-state index is 6.19. The Morgan fingerprint density at radius 3 is 2.39 bits per heavy atom. The van der Waals surface area contributed by atoms with Crippen LogP contribution in [0.4, 0.5) is 0 Å². The summed E-state index contributed by atoms with van der Waals surface area (Å²) in [6.07, 6.45) is 1.13. The molecule has 0 aromatic heterocycles. The minimum Gasteiger partial charge on any atom is -0.493 e. The number of methoxy groups -OCH3 is 1. The highest BCUT2D eigenvalue weighted by molar-refractivity contribution is 9.10. The largest absolute Gasteiger partial charge is 0.493 e. The number of hydrogen-bond donors (Lipinski definition) is 1. The maximum Gasteiger partial charge on any atom is 0.167 e. The summed E-state index contributed by atoms with van der Waals surface area (Å²) >= 11 is 3.68. The van der Waals surface area contributed by atoms with E-state index in [4.69, 9.17) is 9.47 Å². The third-order valence-corrected chi connectivity index (χ3v) is 5.66. The first-order valence-corrected chi connectivity index (χ1v) is 10.8. The fraction of sp³-hybridized carbons (Fsp3) is 0.478. The van der Waals surface area contributed by atoms with E-state index in [1.807, 2.05) is 12.1 Å². The summed E-state index contributed by atoms with van der Waals surface area (Å²) in [5.74, 6) is 1.56. The Labute approximate surface area is 178 Å². The topological polar surface area (TPSA) is 33.7 Å². The van der Waals surface area contributed by atoms with Crippen LogP contribution in [0, 0.1) is 6.92 Å². The first-order valence-electron chi connectivity index (χ1n) is 10.1. The van der Waals surface area contributed by atoms with Gasteiger partial charge in [-0.3, -0.25) is 0 Å². The van der Waals surface area contributed by atoms with Crippen LogP contribution in [0.2, 0.25) is 0 Å². The van der Waals surface area contributed by atoms with Crippen LogP contribution >= 0.6 is 15.9 Å². The second-order valence-electron chi connectivity index (χ2n) is 6.89. The van der Waals surface area contributed by atoms with Gasteiger partial charge in [-0.25, -0.2) is 0 Å². The molecule has 0 atom stereocenters. The van der Waals surface area contributed by atoms with E-state index >= 15 is 0 Å². The van der Waals surface area contributed by atoms with Crippen LogP contribution in [0.15, 0.2) is 40.9 Å². The molecule has 1 N–H and O–H groups in total. The average Bonchev–Trinajstić information content (AvgIpc) is 2.71. The molecular weight excluding hydrogens is 416 g/mol. The molecule has 0 bridgehead atoms. The second-order valence-corrected chi connectivity index (χ2v) is 7.74. The van der Waals surface area contributed by atoms with Gasteiger partial charge in [-0.05, 0) is 57.2 Å². The van der Waals surface area contributed by atoms with Crippen LogP contribution in [-0.2, 0) is 13.2 Å². The van der Waals surface area contributed by atoms with Crippen LogP contribution in [0.3, 0.4) is 0 Å². The number of ether oxygens (including phenoxy) is 2. The lowest BCUT2D eigenvalue weighted by Gasteiger charge is -2.19. The molecule has 0 saturated heterocycles. The molecule has 0 unspecified atom stereocenters. The van der Waals surface area contributed by atoms with Crippen LogP contribution in [0.25, 0.3) is 0 Å². The number of nitrogens with one attached hydrogen (secondary N) is 1. The lowest BCUT2D eigenvalue weighted by Crippen LogP contribution is -2.27. The first-order chi connectivity index (χ1) is 13.6. The van der Waals surface area contributed by atoms with E-state index in [9.17, 15) is 0 Å². The van der Waals surface area contributed by atoms with Gasteiger partial charge in [0, 0.05) is 16.6 Å². The predicted octanol–water partition coefficient (Wildman–Crippen LogP) is 5.17. The molecule has 2 rings (SSSR count). The predicted molar refractivity (Wildman–Crippen MR) is 120 cm³/mol. The summed E-state index contributed by atoms with van der Waals surface area (Å²) in [6.45, 7) is 12.1. The minimum absolute atomic E-state index is 0.516. The van der Waals surface area contributed by atoms with Gasteiger partial charge in [0.15, 0.2) is 11.5 Å². The SMILES string of the molecule is CCN(CC)CCCNCc1c(Br)ccc(OC)c1OCc1ccc(C)cc1. The molecule has 0 saturated carbocycles. The molecule has 0 spiro atoms. The summed E-state index contributed by atoms with van der Waals surface area (Å²) in [5, 5.41) is 3.55. The molecule has 2 aromatic carbocycles. The van der Waals surface area contributed by atoms with Crippen molar-refractivity contribution in [3.05, 3.63) is 57.6 Å². The molecule has 0 radical (unpaired) electrons. The molecule has 2 aromatic rings. The van der Waals surface area contributed by atoms with E-state index in [1.165, 1.54) is 5.56 Å². The monoisotopic (exact) mass is 448 g/mol. The number of rotatable bonds is 12. The smallest absolute Gasteiger partial charge is 0.167 e. The Morgan fingerprint density at radius 1 is 1.04 bits per heavy atom. The molecule has 5 heteroatoms. The Morgan fingerprint density at radius 2 is 1.75 bits per heavy atom. The van der Waals surface area contributed by atoms with Gasteiger partial charge in [-0.2, -0.15) is 0 Å². The lowest BCUT2D eigenvalue weighted by atomic mass is 10.1. The van der Waals surface area contributed by atoms with E-state index in [0.717, 1.165) is 66.2 Å². The average molecular weight is 449 g/mol. The van der Waals surface area contributed by atoms with Gasteiger partial charge >= 0.3 is 0 Å². The van der Waals surface area contributed by atoms with Crippen molar-refractivity contribution in [1.29, 1.82) is 0 Å². The number of aryl methyl sites for hydroxylation is 1. The number of benzene rings is 2. The molecule has 0 aliphatic carbocycles. The summed E-state index contributed by atoms with van der Waals surface area (Å²) in [5.41, 5.74) is 3.48. The highest BCUT2D eigenvalue weighted by atomic mass is 79.9. The van der Waals surface area contributed by atoms with Crippen LogP contribution < -0.4 is 14.8 Å². The Bertz CT molecular complexity index is 715. The molecule has 0 heterocycles. The quantitative estimate of drug-likeness (QED) is 0.454. The highest BCUT2D eigenvalue weighted by Gasteiger charge is 2.15. The van der Waals surface area contributed by atoms with Crippen LogP contribution in [0.5, 0.6) is 11.5 Å². The highest BCUT2D eigenvalue weighted by Crippen LogP contribution is 2.36. The Balaban J connectivity index is 2.00. The third-order valence-electron chi connectivity index (χ3n) is 4.91. The number of hydrogen-bond acceptors (Lipinski definition) is 4. The summed E-state index contributed by atoms with van der Waals surface area (Å²) in [4.78, 5) is 2.44. The lowest BCUT2D eigenvalue weighted by molar-refractivity contribution is 0.279. The van der Waals surface area contributed by atoms with Gasteiger partial charge in [-0.15, -0.1) is 0 Å². The van der Waals surface area contributed by atoms with Crippen molar-refractivity contribution in [2.24, 2.45) is 0 Å². The van der Waals surface area contributed by atoms with Gasteiger partial charge in [0.25, 0.3) is 0 Å². The minimum atomic E-state index is 0.516. The molecule has 0 aliphatic rings. The van der Waals surface area contributed by atoms with Crippen molar-refractivity contribution in [3.63, 3.8) is 0 Å². The van der Waals surface area contributed by atoms with Crippen molar-refractivity contribution >= 4 is 15.9 Å². The van der Waals surface area contributed by atoms with Crippen molar-refractivity contribution in [1.82, 2.24) is 10.2 Å². The maximum atomic E-state index is 6.19. The summed E-state index contributed by atoms with van der Waals surface area (Å²) in [7, 11) is 1.68. The molecule has 0 amide bonds. The van der Waals surface area contributed by atoms with Gasteiger partial charge < -0.3 is 19.7 Å². The number of halogens is 1. The van der Waals surface area contributed by atoms with E-state index in [0.29, 0.717) is 6.61 Å². The van der Waals surface area contributed by atoms with Crippen molar-refractivity contribution in [3.8, 4) is 11.5 Å². The molecule has 4 nitrogen and oxygen atoms in total. The standard InChI is InChI=1S/C23H33BrN2O2/c1-5-26(6-2)15-7-14-25-16-20-21(24)12-13-22(27-4)23(20)28-17-19-10-8-18(3)9-11-19/h8-13,25H,5-7,14-17H2,1-4H3. The van der Waals surface area contributed by atoms with E-state index in [2.05, 4.69) is 71.2 Å². The fourth-order valence-electron chi connectivity index (χ4n) is 3.09. The zero-order valence-corrected chi connectivity index (χ0v) is 19.1. The van der Waals surface area contributed by atoms with Crippen molar-refractivity contribution < 1.29 is 9.47 Å². The first kappa shape index (κ1) is 22.7. The Hall–Kier alpha value is -1.56. The molecular formula is C23H33BrN2O2. The number of nitrogens with zero attached hydrogens (tertiary/aromatic N) is 1. The van der Waals surface area contributed by atoms with Gasteiger partial charge in [0.1, 0.15) is 6.61 Å². The van der Waals surface area contributed by atoms with E-state index < -0.39 is 0 Å². The fourth-order valence-corrected chi connectivity index (χ4v) is 3.54. The third kappa shape index (κ3) is 6.80. The zero-order chi connectivity index (χ0) is 20.4. The summed E-state index contributed by atoms with van der Waals surface area (Å²) < 4.78 is 12.8. The van der Waals surface area contributed by atoms with Crippen molar-refractivity contribution in [2.75, 3.05) is 33.3 Å². The normalized spacial score (nSPS) is 11.1. The van der Waals surface area contributed by atoms with E-state index in [-0.39, 0.29) is 0 Å². The van der Waals surface area contributed by atoms with Crippen LogP contribution in [0.1, 0.15) is 37.0 Å². The molecule has 28 heavy (non-hydrogen) atoms. The van der Waals surface area contributed by atoms with Crippen molar-refractivity contribution in [2.45, 2.75) is 40.3 Å². The van der Waals surface area contributed by atoms with E-state index in [1.54, 1.807) is 7.11 Å². The molecule has 154 valence electrons. The Kier molecular flexibility index (Phi) is 9.82.